The third-order valence-electron chi connectivity index (χ3n) is 7.16. The molecule has 41 heavy (non-hydrogen) atoms. The topological polar surface area (TPSA) is 61.2 Å². The van der Waals surface area contributed by atoms with Crippen LogP contribution in [0.2, 0.25) is 0 Å². The second-order valence-electron chi connectivity index (χ2n) is 9.91. The van der Waals surface area contributed by atoms with Crippen molar-refractivity contribution in [1.82, 2.24) is 14.3 Å². The molecule has 0 spiro atoms. The monoisotopic (exact) mass is 589 g/mol. The van der Waals surface area contributed by atoms with Gasteiger partial charge >= 0.3 is 0 Å². The number of carbonyl (C=O) groups excluding carboxylic acids is 1. The van der Waals surface area contributed by atoms with Gasteiger partial charge in [0.25, 0.3) is 11.5 Å². The summed E-state index contributed by atoms with van der Waals surface area (Å²) in [7, 11) is 0. The molecule has 2 saturated heterocycles. The van der Waals surface area contributed by atoms with Crippen molar-refractivity contribution in [3.8, 4) is 0 Å². The van der Waals surface area contributed by atoms with Crippen LogP contribution in [0.5, 0.6) is 0 Å². The first-order chi connectivity index (χ1) is 19.8. The highest BCUT2D eigenvalue weighted by Gasteiger charge is 2.33. The van der Waals surface area contributed by atoms with Gasteiger partial charge in [-0.05, 0) is 54.5 Å². The van der Waals surface area contributed by atoms with Crippen LogP contribution in [0.1, 0.15) is 16.7 Å². The molecule has 0 atom stereocenters. The Labute approximate surface area is 244 Å². The maximum absolute atomic E-state index is 14.4. The van der Waals surface area contributed by atoms with Gasteiger partial charge in [-0.3, -0.25) is 18.9 Å². The SMILES string of the molecule is Cc1ccc2nc(N3CCN(c4ccccc4F)CC3)c(/C=C3/SC(=S)N(Cc4ccc(F)cc4)C3=O)c(=O)n2c1. The Kier molecular flexibility index (Phi) is 7.31. The number of benzene rings is 2. The van der Waals surface area contributed by atoms with Crippen molar-refractivity contribution in [2.75, 3.05) is 36.0 Å². The van der Waals surface area contributed by atoms with Gasteiger partial charge in [-0.25, -0.2) is 13.8 Å². The number of aryl methyl sites for hydroxylation is 1. The smallest absolute Gasteiger partial charge is 0.267 e. The second kappa shape index (κ2) is 11.1. The first-order valence-electron chi connectivity index (χ1n) is 13.1. The number of thiocarbonyl (C=S) groups is 1. The molecule has 1 amide bonds. The normalized spacial score (nSPS) is 16.9. The van der Waals surface area contributed by atoms with E-state index < -0.39 is 0 Å². The first kappa shape index (κ1) is 27.1. The van der Waals surface area contributed by atoms with Crippen molar-refractivity contribution in [2.45, 2.75) is 13.5 Å². The zero-order valence-electron chi connectivity index (χ0n) is 22.1. The van der Waals surface area contributed by atoms with E-state index >= 15 is 0 Å². The van der Waals surface area contributed by atoms with E-state index in [-0.39, 0.29) is 35.2 Å². The van der Waals surface area contributed by atoms with E-state index in [0.29, 0.717) is 52.6 Å². The van der Waals surface area contributed by atoms with Gasteiger partial charge in [0.1, 0.15) is 27.4 Å². The van der Waals surface area contributed by atoms with Gasteiger partial charge in [0.05, 0.1) is 22.7 Å². The highest BCUT2D eigenvalue weighted by molar-refractivity contribution is 8.26. The Balaban J connectivity index is 1.35. The lowest BCUT2D eigenvalue weighted by atomic mass is 10.2. The van der Waals surface area contributed by atoms with Gasteiger partial charge < -0.3 is 9.80 Å². The van der Waals surface area contributed by atoms with E-state index in [0.717, 1.165) is 22.9 Å². The van der Waals surface area contributed by atoms with E-state index in [1.54, 1.807) is 42.6 Å². The van der Waals surface area contributed by atoms with Crippen LogP contribution >= 0.6 is 24.0 Å². The summed E-state index contributed by atoms with van der Waals surface area (Å²) in [5.74, 6) is -0.494. The van der Waals surface area contributed by atoms with Crippen molar-refractivity contribution >= 4 is 57.4 Å². The maximum atomic E-state index is 14.4. The van der Waals surface area contributed by atoms with Crippen LogP contribution in [0.4, 0.5) is 20.3 Å². The minimum atomic E-state index is -0.360. The minimum absolute atomic E-state index is 0.196. The van der Waals surface area contributed by atoms with E-state index in [4.69, 9.17) is 17.2 Å². The number of amides is 1. The molecule has 11 heteroatoms. The molecule has 4 aromatic rings. The fraction of sp³-hybridized carbons (Fsp3) is 0.200. The molecule has 2 fully saturated rings. The molecule has 0 bridgehead atoms. The molecule has 2 aliphatic heterocycles. The Morgan fingerprint density at radius 3 is 2.39 bits per heavy atom. The quantitative estimate of drug-likeness (QED) is 0.240. The number of hydrogen-bond donors (Lipinski definition) is 0. The summed E-state index contributed by atoms with van der Waals surface area (Å²) < 4.78 is 29.6. The lowest BCUT2D eigenvalue weighted by Crippen LogP contribution is -2.47. The van der Waals surface area contributed by atoms with Crippen LogP contribution in [0.3, 0.4) is 0 Å². The molecule has 2 aliphatic rings. The highest BCUT2D eigenvalue weighted by atomic mass is 32.2. The number of nitrogens with zero attached hydrogens (tertiary/aromatic N) is 5. The lowest BCUT2D eigenvalue weighted by Gasteiger charge is -2.37. The molecule has 0 unspecified atom stereocenters. The molecule has 0 radical (unpaired) electrons. The number of para-hydroxylation sites is 1. The molecule has 2 aromatic heterocycles. The second-order valence-corrected chi connectivity index (χ2v) is 11.6. The Morgan fingerprint density at radius 2 is 1.66 bits per heavy atom. The van der Waals surface area contributed by atoms with Crippen LogP contribution in [-0.2, 0) is 11.3 Å². The van der Waals surface area contributed by atoms with Crippen molar-refractivity contribution < 1.29 is 13.6 Å². The Hall–Kier alpha value is -4.09. The van der Waals surface area contributed by atoms with E-state index in [9.17, 15) is 18.4 Å². The largest absolute Gasteiger partial charge is 0.366 e. The first-order valence-corrected chi connectivity index (χ1v) is 14.3. The number of hydrogen-bond acceptors (Lipinski definition) is 7. The zero-order valence-corrected chi connectivity index (χ0v) is 23.7. The third-order valence-corrected chi connectivity index (χ3v) is 8.54. The molecule has 2 aromatic carbocycles. The van der Waals surface area contributed by atoms with Gasteiger partial charge in [-0.15, -0.1) is 0 Å². The van der Waals surface area contributed by atoms with Crippen LogP contribution < -0.4 is 15.4 Å². The van der Waals surface area contributed by atoms with Gasteiger partial charge in [-0.1, -0.05) is 54.3 Å². The number of rotatable bonds is 5. The predicted octanol–water partition coefficient (Wildman–Crippen LogP) is 5.01. The maximum Gasteiger partial charge on any atom is 0.267 e. The summed E-state index contributed by atoms with van der Waals surface area (Å²) >= 11 is 6.62. The Morgan fingerprint density at radius 1 is 0.951 bits per heavy atom. The van der Waals surface area contributed by atoms with Gasteiger partial charge in [0.15, 0.2) is 0 Å². The van der Waals surface area contributed by atoms with Gasteiger partial charge in [-0.2, -0.15) is 0 Å². The summed E-state index contributed by atoms with van der Waals surface area (Å²) in [6.07, 6.45) is 3.30. The molecule has 0 N–H and O–H groups in total. The van der Waals surface area contributed by atoms with Gasteiger partial charge in [0.2, 0.25) is 0 Å². The standard InChI is InChI=1S/C30H25F2N5O2S2/c1-19-6-11-26-33-27(35-14-12-34(13-15-35)24-5-3-2-4-23(24)32)22(28(38)36(26)17-19)16-25-29(39)37(30(40)41-25)18-20-7-9-21(31)10-8-20/h2-11,16-17H,12-15,18H2,1H3/b25-16+. The van der Waals surface area contributed by atoms with E-state index in [1.165, 1.54) is 27.5 Å². The average Bonchev–Trinajstić information content (AvgIpc) is 3.23. The summed E-state index contributed by atoms with van der Waals surface area (Å²) in [5.41, 5.74) is 2.65. The fourth-order valence-electron chi connectivity index (χ4n) is 5.02. The number of pyridine rings is 1. The molecule has 4 heterocycles. The van der Waals surface area contributed by atoms with Crippen molar-refractivity contribution in [3.63, 3.8) is 0 Å². The molecule has 0 aliphatic carbocycles. The van der Waals surface area contributed by atoms with Crippen molar-refractivity contribution in [3.05, 3.63) is 110 Å². The predicted molar refractivity (Wildman–Crippen MR) is 162 cm³/mol. The van der Waals surface area contributed by atoms with Crippen molar-refractivity contribution in [2.24, 2.45) is 0 Å². The molecule has 0 saturated carbocycles. The van der Waals surface area contributed by atoms with E-state index in [2.05, 4.69) is 0 Å². The number of carbonyl (C=O) groups is 1. The summed E-state index contributed by atoms with van der Waals surface area (Å²) in [6, 6.07) is 16.3. The highest BCUT2D eigenvalue weighted by Crippen LogP contribution is 2.35. The number of aromatic nitrogens is 2. The average molecular weight is 590 g/mol. The lowest BCUT2D eigenvalue weighted by molar-refractivity contribution is -0.122. The fourth-order valence-corrected chi connectivity index (χ4v) is 6.26. The molecular formula is C30H25F2N5O2S2. The minimum Gasteiger partial charge on any atom is -0.366 e. The number of piperazine rings is 1. The zero-order chi connectivity index (χ0) is 28.7. The summed E-state index contributed by atoms with van der Waals surface area (Å²) in [5, 5.41) is 0. The van der Waals surface area contributed by atoms with Crippen molar-refractivity contribution in [1.29, 1.82) is 0 Å². The van der Waals surface area contributed by atoms with Crippen LogP contribution in [0, 0.1) is 18.6 Å². The molecule has 6 rings (SSSR count). The number of halogens is 2. The number of thioether (sulfide) groups is 1. The summed E-state index contributed by atoms with van der Waals surface area (Å²) in [6.45, 7) is 4.18. The number of fused-ring (bicyclic) bond motifs is 1. The molecule has 7 nitrogen and oxygen atoms in total. The third kappa shape index (κ3) is 5.34. The summed E-state index contributed by atoms with van der Waals surface area (Å²) in [4.78, 5) is 37.9. The van der Waals surface area contributed by atoms with E-state index in [1.807, 2.05) is 28.9 Å². The Bertz CT molecular complexity index is 1770. The van der Waals surface area contributed by atoms with Crippen LogP contribution in [-0.4, -0.2) is 50.7 Å². The van der Waals surface area contributed by atoms with Gasteiger partial charge in [0, 0.05) is 32.4 Å². The number of anilines is 2. The molecule has 208 valence electrons. The molecular weight excluding hydrogens is 564 g/mol. The van der Waals surface area contributed by atoms with Crippen LogP contribution in [0.15, 0.2) is 76.6 Å². The van der Waals surface area contributed by atoms with Crippen LogP contribution in [0.25, 0.3) is 11.7 Å².